The summed E-state index contributed by atoms with van der Waals surface area (Å²) in [6, 6.07) is 14.4. The molecular formula is C46H56O14. The van der Waals surface area contributed by atoms with Crippen LogP contribution in [0.2, 0.25) is 0 Å². The molecule has 14 nitrogen and oxygen atoms in total. The van der Waals surface area contributed by atoms with E-state index in [-0.39, 0.29) is 36.7 Å². The third-order valence-corrected chi connectivity index (χ3v) is 15.3. The van der Waals surface area contributed by atoms with Crippen LogP contribution < -0.4 is 4.74 Å². The van der Waals surface area contributed by atoms with Gasteiger partial charge in [-0.05, 0) is 79.5 Å². The smallest absolute Gasteiger partial charge is 0.338 e. The van der Waals surface area contributed by atoms with Gasteiger partial charge in [0.15, 0.2) is 0 Å². The average molecular weight is 833 g/mol. The lowest BCUT2D eigenvalue weighted by molar-refractivity contribution is -0.459. The van der Waals surface area contributed by atoms with Gasteiger partial charge in [0.1, 0.15) is 53.1 Å². The summed E-state index contributed by atoms with van der Waals surface area (Å²) in [6.07, 6.45) is -2.03. The van der Waals surface area contributed by atoms with Gasteiger partial charge in [-0.3, -0.25) is 4.79 Å². The molecule has 3 aliphatic carbocycles. The van der Waals surface area contributed by atoms with Crippen LogP contribution in [0.3, 0.4) is 0 Å². The van der Waals surface area contributed by atoms with E-state index in [1.807, 2.05) is 13.8 Å². The van der Waals surface area contributed by atoms with Crippen LogP contribution in [0.1, 0.15) is 93.4 Å². The molecule has 60 heavy (non-hydrogen) atoms. The zero-order valence-electron chi connectivity index (χ0n) is 34.5. The van der Waals surface area contributed by atoms with Gasteiger partial charge in [-0.25, -0.2) is 9.59 Å². The highest BCUT2D eigenvalue weighted by atomic mass is 16.9. The largest absolute Gasteiger partial charge is 0.462 e. The average Bonchev–Trinajstić information content (AvgIpc) is 3.86. The summed E-state index contributed by atoms with van der Waals surface area (Å²) in [6.45, 7) is 10.5. The number of epoxide rings is 1. The highest BCUT2D eigenvalue weighted by Gasteiger charge is 2.91. The van der Waals surface area contributed by atoms with Crippen LogP contribution in [0.4, 0.5) is 0 Å². The second-order valence-corrected chi connectivity index (χ2v) is 18.5. The van der Waals surface area contributed by atoms with Crippen molar-refractivity contribution in [3.8, 4) is 5.75 Å². The molecule has 4 unspecified atom stereocenters. The first-order valence-electron chi connectivity index (χ1n) is 21.4. The van der Waals surface area contributed by atoms with Crippen LogP contribution in [0.15, 0.2) is 66.7 Å². The Morgan fingerprint density at radius 1 is 0.867 bits per heavy atom. The molecule has 7 aliphatic rings. The van der Waals surface area contributed by atoms with Gasteiger partial charge < -0.3 is 53.6 Å². The van der Waals surface area contributed by atoms with Crippen molar-refractivity contribution in [2.75, 3.05) is 13.2 Å². The highest BCUT2D eigenvalue weighted by Crippen LogP contribution is 2.75. The number of aliphatic hydroxyl groups is 4. The molecule has 0 aromatic heterocycles. The second-order valence-electron chi connectivity index (χ2n) is 18.5. The van der Waals surface area contributed by atoms with Crippen molar-refractivity contribution in [3.05, 3.63) is 77.9 Å². The summed E-state index contributed by atoms with van der Waals surface area (Å²) >= 11 is 0. The van der Waals surface area contributed by atoms with Gasteiger partial charge in [0, 0.05) is 24.7 Å². The Morgan fingerprint density at radius 2 is 1.55 bits per heavy atom. The van der Waals surface area contributed by atoms with E-state index in [0.29, 0.717) is 17.6 Å². The number of hydrogen-bond donors (Lipinski definition) is 4. The number of rotatable bonds is 8. The van der Waals surface area contributed by atoms with Gasteiger partial charge >= 0.3 is 23.9 Å². The van der Waals surface area contributed by atoms with Crippen LogP contribution in [-0.4, -0.2) is 110 Å². The lowest BCUT2D eigenvalue weighted by atomic mass is 9.51. The number of benzene rings is 2. The van der Waals surface area contributed by atoms with Crippen LogP contribution >= 0.6 is 0 Å². The molecule has 0 amide bonds. The predicted octanol–water partition coefficient (Wildman–Crippen LogP) is 4.25. The summed E-state index contributed by atoms with van der Waals surface area (Å²) in [4.78, 5) is 39.6. The molecule has 4 N–H and O–H groups in total. The molecule has 3 saturated carbocycles. The zero-order chi connectivity index (χ0) is 42.6. The maximum Gasteiger partial charge on any atom is 0.338 e. The highest BCUT2D eigenvalue weighted by molar-refractivity contribution is 5.90. The van der Waals surface area contributed by atoms with E-state index in [1.165, 1.54) is 31.2 Å². The molecule has 16 atom stereocenters. The Bertz CT molecular complexity index is 2030. The van der Waals surface area contributed by atoms with Crippen LogP contribution in [-0.2, 0) is 33.2 Å². The zero-order valence-corrected chi connectivity index (χ0v) is 34.5. The van der Waals surface area contributed by atoms with E-state index < -0.39 is 113 Å². The fraction of sp³-hybridized carbons (Fsp3) is 0.630. The van der Waals surface area contributed by atoms with Crippen LogP contribution in [0.25, 0.3) is 0 Å². The Morgan fingerprint density at radius 3 is 2.22 bits per heavy atom. The molecule has 4 aliphatic heterocycles. The molecular weight excluding hydrogens is 776 g/mol. The third-order valence-electron chi connectivity index (χ3n) is 15.3. The van der Waals surface area contributed by atoms with Crippen molar-refractivity contribution < 1.29 is 68.0 Å². The monoisotopic (exact) mass is 832 g/mol. The normalized spacial score (nSPS) is 44.8. The van der Waals surface area contributed by atoms with E-state index >= 15 is 0 Å². The topological polar surface area (TPSA) is 200 Å². The minimum absolute atomic E-state index is 0.110. The summed E-state index contributed by atoms with van der Waals surface area (Å²) in [5.41, 5.74) is -6.03. The van der Waals surface area contributed by atoms with E-state index in [0.717, 1.165) is 25.7 Å². The minimum atomic E-state index is -2.36. The Kier molecular flexibility index (Phi) is 10.2. The number of aliphatic hydroxyl groups excluding tert-OH is 3. The number of hydrogen-bond acceptors (Lipinski definition) is 14. The first-order chi connectivity index (χ1) is 28.6. The summed E-state index contributed by atoms with van der Waals surface area (Å²) in [7, 11) is 0. The quantitative estimate of drug-likeness (QED) is 0.127. The lowest BCUT2D eigenvalue weighted by Gasteiger charge is -2.62. The predicted molar refractivity (Wildman–Crippen MR) is 210 cm³/mol. The van der Waals surface area contributed by atoms with E-state index in [2.05, 4.69) is 13.5 Å². The second kappa shape index (κ2) is 14.7. The van der Waals surface area contributed by atoms with Gasteiger partial charge in [-0.15, -0.1) is 0 Å². The Hall–Kier alpha value is -3.73. The molecule has 2 spiro atoms. The Balaban J connectivity index is 1.24. The summed E-state index contributed by atoms with van der Waals surface area (Å²) in [5, 5.41) is 50.3. The number of esters is 3. The van der Waals surface area contributed by atoms with Crippen molar-refractivity contribution >= 4 is 17.9 Å². The van der Waals surface area contributed by atoms with Crippen molar-refractivity contribution in [1.82, 2.24) is 0 Å². The number of carbonyl (C=O) groups is 3. The molecule has 4 heterocycles. The number of carbonyl (C=O) groups excluding carboxylic acids is 3. The fourth-order valence-corrected chi connectivity index (χ4v) is 12.7. The van der Waals surface area contributed by atoms with Gasteiger partial charge in [0.05, 0.1) is 29.9 Å². The van der Waals surface area contributed by atoms with E-state index in [9.17, 15) is 34.8 Å². The van der Waals surface area contributed by atoms with Gasteiger partial charge in [0.25, 0.3) is 0 Å². The van der Waals surface area contributed by atoms with Crippen LogP contribution in [0, 0.1) is 35.5 Å². The molecule has 3 bridgehead atoms. The Labute approximate surface area is 349 Å². The summed E-state index contributed by atoms with van der Waals surface area (Å²) in [5.74, 6) is -7.75. The molecule has 2 aromatic rings. The van der Waals surface area contributed by atoms with Crippen LogP contribution in [0.5, 0.6) is 5.75 Å². The standard InChI is InChI=1S/C46H56O14/c1-24(2)42-21-30(22-54-39(50)28-14-10-8-11-15-28)45-34-37(42)58-46(59-42,60-45)32(49)16-12-7-6-9-13-25(3)33-26(4)36(44(53,35(33)45)41(52)43(23-47)38(34)57-43)56-40(51)29-17-19-31(20-18-29)55-27(5)48/h8,10-11,14-15,17-20,25-26,30,32-38,41,47,49,52-53H,1,6-7,9,12-13,16,21-23H2,2-5H3/t25-,26+,30?,32-,33?,34-,35?,36+,37+,38+,41-,42+,43+,44-,45-,46?/m1/s1. The molecule has 2 aromatic carbocycles. The maximum atomic E-state index is 14.2. The number of ether oxygens (including phenoxy) is 7. The molecule has 7 fully saturated rings. The fourth-order valence-electron chi connectivity index (χ4n) is 12.7. The maximum absolute atomic E-state index is 14.2. The molecule has 14 heteroatoms. The van der Waals surface area contributed by atoms with E-state index in [4.69, 9.17) is 33.2 Å². The van der Waals surface area contributed by atoms with Gasteiger partial charge in [-0.1, -0.05) is 70.7 Å². The van der Waals surface area contributed by atoms with Crippen molar-refractivity contribution in [1.29, 1.82) is 0 Å². The first kappa shape index (κ1) is 41.6. The van der Waals surface area contributed by atoms with Gasteiger partial charge in [0.2, 0.25) is 0 Å². The molecule has 324 valence electrons. The van der Waals surface area contributed by atoms with Gasteiger partial charge in [-0.2, -0.15) is 0 Å². The molecule has 9 rings (SSSR count). The number of fused-ring (bicyclic) bond motifs is 1. The minimum Gasteiger partial charge on any atom is -0.462 e. The van der Waals surface area contributed by atoms with Crippen molar-refractivity contribution in [3.63, 3.8) is 0 Å². The SMILES string of the molecule is C=C(C)[C@@]12CC(COC(=O)c3ccccc3)[C@@]34OC5(O[C@H]1[C@@H]3[C@@H]1O[C@]1(CO)[C@@H](O)[C@@]1(O)C4C([C@H](C)CCCCCC[C@H]5O)[C@H](C)[C@@H]1OC(=O)c1ccc(OC(C)=O)cc1)O2. The lowest BCUT2D eigenvalue weighted by Crippen LogP contribution is -2.75. The van der Waals surface area contributed by atoms with E-state index in [1.54, 1.807) is 30.3 Å². The third kappa shape index (κ3) is 5.85. The summed E-state index contributed by atoms with van der Waals surface area (Å²) < 4.78 is 45.6. The van der Waals surface area contributed by atoms with Crippen molar-refractivity contribution in [2.45, 2.75) is 132 Å². The van der Waals surface area contributed by atoms with Crippen molar-refractivity contribution in [2.24, 2.45) is 35.5 Å². The molecule has 4 saturated heterocycles. The molecule has 0 radical (unpaired) electrons. The first-order valence-corrected chi connectivity index (χ1v) is 21.4.